The lowest BCUT2D eigenvalue weighted by molar-refractivity contribution is 0.396. The molecule has 2 atom stereocenters. The first-order chi connectivity index (χ1) is 14.3. The van der Waals surface area contributed by atoms with Gasteiger partial charge in [-0.2, -0.15) is 0 Å². The fourth-order valence-electron chi connectivity index (χ4n) is 3.44. The number of rotatable bonds is 8. The fraction of sp³-hybridized carbons (Fsp3) is 0.280. The molecule has 30 heavy (non-hydrogen) atoms. The van der Waals surface area contributed by atoms with E-state index in [-0.39, 0.29) is 0 Å². The lowest BCUT2D eigenvalue weighted by atomic mass is 10.0. The Kier molecular flexibility index (Phi) is 7.02. The van der Waals surface area contributed by atoms with Gasteiger partial charge in [0.05, 0.1) is 0 Å². The van der Waals surface area contributed by atoms with Crippen LogP contribution in [0.15, 0.2) is 78.9 Å². The number of para-hydroxylation sites is 1. The minimum absolute atomic E-state index is 0.437. The summed E-state index contributed by atoms with van der Waals surface area (Å²) in [5.74, 6) is -0.0660. The number of nitrogens with one attached hydrogen (secondary N) is 1. The van der Waals surface area contributed by atoms with Crippen LogP contribution in [-0.4, -0.2) is 21.2 Å². The van der Waals surface area contributed by atoms with Crippen molar-refractivity contribution in [2.24, 2.45) is 0 Å². The second kappa shape index (κ2) is 9.51. The van der Waals surface area contributed by atoms with E-state index in [4.69, 9.17) is 4.52 Å². The first kappa shape index (κ1) is 22.1. The van der Waals surface area contributed by atoms with Gasteiger partial charge in [-0.15, -0.1) is 0 Å². The van der Waals surface area contributed by atoms with Crippen LogP contribution in [0.1, 0.15) is 36.7 Å². The first-order valence-electron chi connectivity index (χ1n) is 10.2. The molecule has 0 bridgehead atoms. The Labute approximate surface area is 180 Å². The van der Waals surface area contributed by atoms with Crippen molar-refractivity contribution < 1.29 is 9.09 Å². The van der Waals surface area contributed by atoms with Crippen LogP contribution in [0.25, 0.3) is 0 Å². The summed E-state index contributed by atoms with van der Waals surface area (Å²) in [6.07, 6.45) is 0. The second-order valence-corrected chi connectivity index (χ2v) is 10.5. The molecule has 0 fully saturated rings. The van der Waals surface area contributed by atoms with Gasteiger partial charge in [-0.05, 0) is 53.4 Å². The largest absolute Gasteiger partial charge is 0.378 e. The number of anilines is 2. The first-order valence-corrected chi connectivity index (χ1v) is 11.9. The van der Waals surface area contributed by atoms with Crippen molar-refractivity contribution in [1.29, 1.82) is 0 Å². The minimum Gasteiger partial charge on any atom is -0.378 e. The van der Waals surface area contributed by atoms with Crippen molar-refractivity contribution in [3.63, 3.8) is 0 Å². The van der Waals surface area contributed by atoms with E-state index in [0.717, 1.165) is 16.9 Å². The smallest absolute Gasteiger partial charge is 0.257 e. The molecule has 1 N–H and O–H groups in total. The summed E-state index contributed by atoms with van der Waals surface area (Å²) in [4.78, 5) is 2.02. The zero-order valence-corrected chi connectivity index (χ0v) is 19.3. The van der Waals surface area contributed by atoms with Crippen molar-refractivity contribution in [2.45, 2.75) is 25.5 Å². The zero-order chi connectivity index (χ0) is 21.7. The van der Waals surface area contributed by atoms with Crippen LogP contribution in [0.2, 0.25) is 0 Å². The summed E-state index contributed by atoms with van der Waals surface area (Å²) < 4.78 is 20.1. The van der Waals surface area contributed by atoms with Crippen molar-refractivity contribution in [2.75, 3.05) is 31.4 Å². The monoisotopic (exact) mass is 422 g/mol. The van der Waals surface area contributed by atoms with Crippen LogP contribution in [-0.2, 0) is 9.09 Å². The molecule has 0 heterocycles. The van der Waals surface area contributed by atoms with Crippen LogP contribution in [0.4, 0.5) is 11.4 Å². The van der Waals surface area contributed by atoms with Gasteiger partial charge in [-0.1, -0.05) is 56.3 Å². The molecule has 3 aromatic carbocycles. The Morgan fingerprint density at radius 2 is 1.40 bits per heavy atom. The molecule has 158 valence electrons. The van der Waals surface area contributed by atoms with Gasteiger partial charge in [0.2, 0.25) is 0 Å². The van der Waals surface area contributed by atoms with E-state index < -0.39 is 13.2 Å². The molecule has 0 aromatic heterocycles. The Morgan fingerprint density at radius 3 is 1.90 bits per heavy atom. The van der Waals surface area contributed by atoms with E-state index >= 15 is 0 Å². The predicted molar refractivity (Wildman–Crippen MR) is 128 cm³/mol. The molecule has 0 aliphatic carbocycles. The van der Waals surface area contributed by atoms with Gasteiger partial charge < -0.3 is 14.7 Å². The van der Waals surface area contributed by atoms with Gasteiger partial charge in [0, 0.05) is 37.9 Å². The topological polar surface area (TPSA) is 41.6 Å². The highest BCUT2D eigenvalue weighted by molar-refractivity contribution is 7.67. The van der Waals surface area contributed by atoms with Crippen LogP contribution in [0.5, 0.6) is 0 Å². The molecule has 0 radical (unpaired) electrons. The zero-order valence-electron chi connectivity index (χ0n) is 18.4. The second-order valence-electron chi connectivity index (χ2n) is 7.92. The Balaban J connectivity index is 2.07. The summed E-state index contributed by atoms with van der Waals surface area (Å²) in [6.45, 7) is 4.34. The van der Waals surface area contributed by atoms with Gasteiger partial charge in [0.15, 0.2) is 0 Å². The van der Waals surface area contributed by atoms with E-state index in [9.17, 15) is 4.57 Å². The Hall–Kier alpha value is -2.55. The van der Waals surface area contributed by atoms with E-state index in [2.05, 4.69) is 43.4 Å². The number of hydrogen-bond donors (Lipinski definition) is 1. The van der Waals surface area contributed by atoms with Crippen molar-refractivity contribution in [3.05, 3.63) is 90.0 Å². The lowest BCUT2D eigenvalue weighted by Crippen LogP contribution is -2.20. The molecule has 0 aliphatic heterocycles. The van der Waals surface area contributed by atoms with Crippen LogP contribution in [0, 0.1) is 0 Å². The van der Waals surface area contributed by atoms with Crippen molar-refractivity contribution in [1.82, 2.24) is 0 Å². The maximum Gasteiger partial charge on any atom is 0.257 e. The summed E-state index contributed by atoms with van der Waals surface area (Å²) in [7, 11) is 2.24. The standard InChI is InChI=1S/C25H31N2O2P/c1-19(2)20-11-13-21(14-12-20)25(26-22-9-7-6-8-10-22)30(28,29-5)24-17-15-23(16-18-24)27(3)4/h6-19,25-26H,1-5H3/t25-,30+/m1/s1. The summed E-state index contributed by atoms with van der Waals surface area (Å²) in [5.41, 5.74) is 4.14. The lowest BCUT2D eigenvalue weighted by Gasteiger charge is -2.29. The maximum atomic E-state index is 14.3. The third kappa shape index (κ3) is 4.77. The Morgan fingerprint density at radius 1 is 0.833 bits per heavy atom. The molecule has 0 amide bonds. The molecule has 0 saturated carbocycles. The van der Waals surface area contributed by atoms with E-state index in [1.807, 2.05) is 73.6 Å². The van der Waals surface area contributed by atoms with Gasteiger partial charge >= 0.3 is 0 Å². The molecule has 3 rings (SSSR count). The number of hydrogen-bond acceptors (Lipinski definition) is 4. The average Bonchev–Trinajstić information content (AvgIpc) is 2.78. The molecule has 0 spiro atoms. The van der Waals surface area contributed by atoms with Crippen LogP contribution in [0.3, 0.4) is 0 Å². The molecular formula is C25H31N2O2P. The normalized spacial score (nSPS) is 14.2. The van der Waals surface area contributed by atoms with Gasteiger partial charge in [-0.25, -0.2) is 0 Å². The fourth-order valence-corrected chi connectivity index (χ4v) is 5.61. The predicted octanol–water partition coefficient (Wildman–Crippen LogP) is 6.24. The van der Waals surface area contributed by atoms with Gasteiger partial charge in [0.1, 0.15) is 5.78 Å². The van der Waals surface area contributed by atoms with Crippen LogP contribution >= 0.6 is 7.37 Å². The van der Waals surface area contributed by atoms with Gasteiger partial charge in [-0.3, -0.25) is 4.57 Å². The molecule has 0 saturated heterocycles. The third-order valence-corrected chi connectivity index (χ3v) is 8.00. The molecule has 3 aromatic rings. The molecule has 0 aliphatic rings. The van der Waals surface area contributed by atoms with Crippen molar-refractivity contribution >= 4 is 24.0 Å². The maximum absolute atomic E-state index is 14.3. The van der Waals surface area contributed by atoms with Crippen molar-refractivity contribution in [3.8, 4) is 0 Å². The van der Waals surface area contributed by atoms with E-state index in [1.54, 1.807) is 0 Å². The summed E-state index contributed by atoms with van der Waals surface area (Å²) in [5, 5.41) is 4.16. The molecular weight excluding hydrogens is 391 g/mol. The molecule has 5 heteroatoms. The highest BCUT2D eigenvalue weighted by Crippen LogP contribution is 2.58. The molecule has 0 unspecified atom stereocenters. The van der Waals surface area contributed by atoms with E-state index in [1.165, 1.54) is 12.7 Å². The quantitative estimate of drug-likeness (QED) is 0.437. The third-order valence-electron chi connectivity index (χ3n) is 5.33. The summed E-state index contributed by atoms with van der Waals surface area (Å²) in [6, 6.07) is 25.9. The van der Waals surface area contributed by atoms with E-state index in [0.29, 0.717) is 11.2 Å². The number of benzene rings is 3. The highest BCUT2D eigenvalue weighted by atomic mass is 31.2. The SMILES string of the molecule is CO[P@@](=O)(c1ccc(N(C)C)cc1)[C@@H](Nc1ccccc1)c1ccc(C(C)C)cc1. The Bertz CT molecular complexity index is 984. The van der Waals surface area contributed by atoms with Gasteiger partial charge in [0.25, 0.3) is 7.37 Å². The highest BCUT2D eigenvalue weighted by Gasteiger charge is 2.37. The summed E-state index contributed by atoms with van der Waals surface area (Å²) >= 11 is 0. The average molecular weight is 423 g/mol. The molecule has 4 nitrogen and oxygen atoms in total. The van der Waals surface area contributed by atoms with Crippen LogP contribution < -0.4 is 15.5 Å². The number of nitrogens with zero attached hydrogens (tertiary/aromatic N) is 1. The minimum atomic E-state index is -3.27.